The molecule has 1 saturated heterocycles. The molecule has 2 aliphatic rings. The molecule has 31 heavy (non-hydrogen) atoms. The van der Waals surface area contributed by atoms with Crippen LogP contribution < -0.4 is 4.90 Å². The monoisotopic (exact) mass is 452 g/mol. The first-order chi connectivity index (χ1) is 15.0. The summed E-state index contributed by atoms with van der Waals surface area (Å²) in [6.45, 7) is 0.680. The molecule has 1 fully saturated rings. The number of benzene rings is 3. The quantitative estimate of drug-likeness (QED) is 0.557. The summed E-state index contributed by atoms with van der Waals surface area (Å²) in [6, 6.07) is 20.5. The van der Waals surface area contributed by atoms with Crippen LogP contribution in [-0.4, -0.2) is 29.0 Å². The number of halogens is 2. The largest absolute Gasteiger partial charge is 0.311 e. The van der Waals surface area contributed by atoms with Crippen molar-refractivity contribution in [3.05, 3.63) is 100 Å². The number of anilines is 1. The van der Waals surface area contributed by atoms with E-state index in [-0.39, 0.29) is 24.2 Å². The van der Waals surface area contributed by atoms with Crippen LogP contribution >= 0.6 is 23.4 Å². The van der Waals surface area contributed by atoms with Gasteiger partial charge < -0.3 is 9.80 Å². The molecule has 0 aromatic heterocycles. The van der Waals surface area contributed by atoms with Gasteiger partial charge in [-0.3, -0.25) is 9.59 Å². The molecule has 2 amide bonds. The van der Waals surface area contributed by atoms with E-state index in [0.29, 0.717) is 28.4 Å². The molecular formula is C24H18ClFN2O2S. The van der Waals surface area contributed by atoms with Gasteiger partial charge >= 0.3 is 0 Å². The van der Waals surface area contributed by atoms with Gasteiger partial charge in [-0.15, -0.1) is 11.8 Å². The van der Waals surface area contributed by atoms with Gasteiger partial charge in [0.05, 0.1) is 12.2 Å². The van der Waals surface area contributed by atoms with E-state index >= 15 is 0 Å². The summed E-state index contributed by atoms with van der Waals surface area (Å²) >= 11 is 7.56. The van der Waals surface area contributed by atoms with Crippen molar-refractivity contribution in [2.24, 2.45) is 0 Å². The lowest BCUT2D eigenvalue weighted by atomic mass is 10.0. The molecule has 2 aliphatic heterocycles. The summed E-state index contributed by atoms with van der Waals surface area (Å²) in [5.74, 6) is -0.126. The molecule has 0 N–H and O–H groups in total. The van der Waals surface area contributed by atoms with E-state index in [9.17, 15) is 14.0 Å². The summed E-state index contributed by atoms with van der Waals surface area (Å²) in [4.78, 5) is 29.5. The predicted molar refractivity (Wildman–Crippen MR) is 121 cm³/mol. The van der Waals surface area contributed by atoms with Crippen molar-refractivity contribution in [2.75, 3.05) is 17.2 Å². The fourth-order valence-electron chi connectivity index (χ4n) is 4.32. The first-order valence-corrected chi connectivity index (χ1v) is 11.2. The summed E-state index contributed by atoms with van der Waals surface area (Å²) < 4.78 is 13.7. The fraction of sp³-hybridized carbons (Fsp3) is 0.167. The lowest BCUT2D eigenvalue weighted by Gasteiger charge is -2.33. The molecule has 5 rings (SSSR count). The van der Waals surface area contributed by atoms with Crippen LogP contribution in [-0.2, 0) is 16.2 Å². The van der Waals surface area contributed by atoms with Crippen LogP contribution in [0.3, 0.4) is 0 Å². The van der Waals surface area contributed by atoms with Crippen LogP contribution in [0.15, 0.2) is 72.8 Å². The Bertz CT molecular complexity index is 1200. The van der Waals surface area contributed by atoms with Gasteiger partial charge in [-0.05, 0) is 42.0 Å². The van der Waals surface area contributed by atoms with Gasteiger partial charge in [0.25, 0.3) is 11.8 Å². The number of hydrogen-bond donors (Lipinski definition) is 0. The lowest BCUT2D eigenvalue weighted by molar-refractivity contribution is -0.123. The van der Waals surface area contributed by atoms with Gasteiger partial charge in [0, 0.05) is 28.4 Å². The molecule has 3 aromatic rings. The smallest absolute Gasteiger partial charge is 0.268 e. The van der Waals surface area contributed by atoms with Crippen molar-refractivity contribution in [2.45, 2.75) is 11.4 Å². The van der Waals surface area contributed by atoms with E-state index in [1.165, 1.54) is 23.9 Å². The zero-order valence-electron chi connectivity index (χ0n) is 16.4. The topological polar surface area (TPSA) is 40.6 Å². The number of nitrogens with zero attached hydrogens (tertiary/aromatic N) is 2. The second-order valence-electron chi connectivity index (χ2n) is 7.50. The maximum Gasteiger partial charge on any atom is 0.268 e. The van der Waals surface area contributed by atoms with E-state index in [2.05, 4.69) is 0 Å². The van der Waals surface area contributed by atoms with Crippen molar-refractivity contribution in [3.8, 4) is 0 Å². The predicted octanol–water partition coefficient (Wildman–Crippen LogP) is 5.07. The first kappa shape index (κ1) is 20.1. The molecule has 0 saturated carbocycles. The van der Waals surface area contributed by atoms with Crippen molar-refractivity contribution in [3.63, 3.8) is 0 Å². The molecule has 4 nitrogen and oxygen atoms in total. The molecule has 0 aliphatic carbocycles. The van der Waals surface area contributed by atoms with Gasteiger partial charge in [-0.2, -0.15) is 0 Å². The van der Waals surface area contributed by atoms with E-state index in [1.807, 2.05) is 24.3 Å². The number of rotatable bonds is 3. The van der Waals surface area contributed by atoms with Crippen molar-refractivity contribution < 1.29 is 14.0 Å². The SMILES string of the molecule is O=C(c1cccc(Cl)c1)N1CCS[C@@]12C(=O)N(Cc1cccc(F)c1)c1ccccc12. The Hall–Kier alpha value is -2.83. The minimum atomic E-state index is -1.14. The zero-order chi connectivity index (χ0) is 21.6. The molecular weight excluding hydrogens is 435 g/mol. The minimum Gasteiger partial charge on any atom is -0.311 e. The second kappa shape index (κ2) is 7.70. The van der Waals surface area contributed by atoms with Crippen LogP contribution in [0.2, 0.25) is 5.02 Å². The standard InChI is InChI=1S/C24H18ClFN2O2S/c25-18-7-4-6-17(14-18)22(29)28-11-12-31-24(28)20-9-1-2-10-21(20)27(23(24)30)15-16-5-3-8-19(26)13-16/h1-10,13-14H,11-12,15H2/t24-/m0/s1. The Kier molecular flexibility index (Phi) is 4.99. The Morgan fingerprint density at radius 1 is 1.06 bits per heavy atom. The zero-order valence-corrected chi connectivity index (χ0v) is 18.0. The molecule has 1 spiro atoms. The van der Waals surface area contributed by atoms with E-state index in [1.54, 1.807) is 46.2 Å². The number of thioether (sulfide) groups is 1. The molecule has 0 radical (unpaired) electrons. The van der Waals surface area contributed by atoms with Crippen LogP contribution in [0, 0.1) is 5.82 Å². The summed E-state index contributed by atoms with van der Waals surface area (Å²) in [6.07, 6.45) is 0. The normalized spacial score (nSPS) is 19.9. The third-order valence-corrected chi connectivity index (χ3v) is 7.30. The van der Waals surface area contributed by atoms with Crippen molar-refractivity contribution >= 4 is 40.9 Å². The summed E-state index contributed by atoms with van der Waals surface area (Å²) in [7, 11) is 0. The Morgan fingerprint density at radius 3 is 2.68 bits per heavy atom. The van der Waals surface area contributed by atoms with Gasteiger partial charge in [-0.1, -0.05) is 48.0 Å². The maximum atomic E-state index is 13.9. The molecule has 0 bridgehead atoms. The maximum absolute atomic E-state index is 13.9. The average Bonchev–Trinajstić information content (AvgIpc) is 3.31. The Morgan fingerprint density at radius 2 is 1.87 bits per heavy atom. The highest BCUT2D eigenvalue weighted by atomic mass is 35.5. The number of para-hydroxylation sites is 1. The third-order valence-electron chi connectivity index (χ3n) is 5.65. The van der Waals surface area contributed by atoms with E-state index in [0.717, 1.165) is 11.3 Å². The van der Waals surface area contributed by atoms with Crippen LogP contribution in [0.1, 0.15) is 21.5 Å². The highest BCUT2D eigenvalue weighted by Crippen LogP contribution is 2.54. The Labute approximate surface area is 188 Å². The Balaban J connectivity index is 1.58. The average molecular weight is 453 g/mol. The van der Waals surface area contributed by atoms with Crippen LogP contribution in [0.5, 0.6) is 0 Å². The number of hydrogen-bond acceptors (Lipinski definition) is 3. The second-order valence-corrected chi connectivity index (χ2v) is 9.22. The highest BCUT2D eigenvalue weighted by Gasteiger charge is 2.59. The van der Waals surface area contributed by atoms with Gasteiger partial charge in [0.2, 0.25) is 0 Å². The molecule has 2 heterocycles. The van der Waals surface area contributed by atoms with E-state index in [4.69, 9.17) is 11.6 Å². The van der Waals surface area contributed by atoms with Crippen LogP contribution in [0.4, 0.5) is 10.1 Å². The van der Waals surface area contributed by atoms with Crippen LogP contribution in [0.25, 0.3) is 0 Å². The molecule has 7 heteroatoms. The first-order valence-electron chi connectivity index (χ1n) is 9.88. The van der Waals surface area contributed by atoms with Crippen molar-refractivity contribution in [1.29, 1.82) is 0 Å². The molecule has 156 valence electrons. The molecule has 3 aromatic carbocycles. The number of amides is 2. The number of carbonyl (C=O) groups excluding carboxylic acids is 2. The lowest BCUT2D eigenvalue weighted by Crippen LogP contribution is -2.50. The number of carbonyl (C=O) groups is 2. The van der Waals surface area contributed by atoms with Gasteiger partial charge in [-0.25, -0.2) is 4.39 Å². The van der Waals surface area contributed by atoms with Gasteiger partial charge in [0.15, 0.2) is 4.87 Å². The summed E-state index contributed by atoms with van der Waals surface area (Å²) in [5, 5.41) is 0.470. The van der Waals surface area contributed by atoms with Gasteiger partial charge in [0.1, 0.15) is 5.82 Å². The molecule has 0 unspecified atom stereocenters. The molecule has 1 atom stereocenters. The highest BCUT2D eigenvalue weighted by molar-refractivity contribution is 8.01. The number of fused-ring (bicyclic) bond motifs is 2. The fourth-order valence-corrected chi connectivity index (χ4v) is 5.97. The summed E-state index contributed by atoms with van der Waals surface area (Å²) in [5.41, 5.74) is 2.67. The minimum absolute atomic E-state index is 0.184. The van der Waals surface area contributed by atoms with Crippen molar-refractivity contribution in [1.82, 2.24) is 4.90 Å². The van der Waals surface area contributed by atoms with E-state index < -0.39 is 4.87 Å². The third kappa shape index (κ3) is 3.22.